The predicted octanol–water partition coefficient (Wildman–Crippen LogP) is 3.17. The van der Waals surface area contributed by atoms with Gasteiger partial charge in [-0.25, -0.2) is 0 Å². The van der Waals surface area contributed by atoms with Crippen LogP contribution in [-0.4, -0.2) is 31.7 Å². The van der Waals surface area contributed by atoms with Crippen LogP contribution in [0.2, 0.25) is 0 Å². The van der Waals surface area contributed by atoms with Gasteiger partial charge in [-0.3, -0.25) is 4.79 Å². The van der Waals surface area contributed by atoms with Crippen LogP contribution >= 0.6 is 12.4 Å². The number of carbonyl (C=O) groups excluding carboxylic acids is 1. The van der Waals surface area contributed by atoms with Gasteiger partial charge in [0.05, 0.1) is 12.7 Å². The van der Waals surface area contributed by atoms with E-state index >= 15 is 0 Å². The summed E-state index contributed by atoms with van der Waals surface area (Å²) in [6.45, 7) is 2.06. The molecular weight excluding hydrogens is 288 g/mol. The van der Waals surface area contributed by atoms with Gasteiger partial charge in [-0.15, -0.1) is 12.4 Å². The van der Waals surface area contributed by atoms with Gasteiger partial charge in [0.25, 0.3) is 0 Å². The molecule has 1 aliphatic rings. The van der Waals surface area contributed by atoms with Gasteiger partial charge in [-0.2, -0.15) is 0 Å². The third-order valence-corrected chi connectivity index (χ3v) is 3.94. The summed E-state index contributed by atoms with van der Waals surface area (Å²) in [6.07, 6.45) is 13.0. The van der Waals surface area contributed by atoms with Crippen LogP contribution in [0, 0.1) is 0 Å². The molecule has 0 aliphatic heterocycles. The maximum atomic E-state index is 11.6. The SMILES string of the molecule is Cl.NCCCCCCC(=O)NCCOC1CCCCCC1. The molecule has 0 unspecified atom stereocenters. The Hall–Kier alpha value is -0.320. The molecule has 0 aromatic carbocycles. The molecule has 4 nitrogen and oxygen atoms in total. The molecular formula is C16H33ClN2O2. The molecule has 0 saturated heterocycles. The second-order valence-electron chi connectivity index (χ2n) is 5.79. The molecule has 3 N–H and O–H groups in total. The summed E-state index contributed by atoms with van der Waals surface area (Å²) in [5.74, 6) is 0.155. The highest BCUT2D eigenvalue weighted by atomic mass is 35.5. The number of carbonyl (C=O) groups is 1. The van der Waals surface area contributed by atoms with E-state index in [2.05, 4.69) is 5.32 Å². The Morgan fingerprint density at radius 1 is 1.05 bits per heavy atom. The maximum Gasteiger partial charge on any atom is 0.220 e. The number of ether oxygens (including phenoxy) is 1. The standard InChI is InChI=1S/C16H32N2O2.ClH/c17-12-8-4-3-7-11-16(19)18-13-14-20-15-9-5-1-2-6-10-15;/h15H,1-14,17H2,(H,18,19);1H. The van der Waals surface area contributed by atoms with Gasteiger partial charge >= 0.3 is 0 Å². The van der Waals surface area contributed by atoms with Crippen LogP contribution in [0.1, 0.15) is 70.6 Å². The fourth-order valence-corrected chi connectivity index (χ4v) is 2.70. The zero-order valence-corrected chi connectivity index (χ0v) is 14.1. The monoisotopic (exact) mass is 320 g/mol. The van der Waals surface area contributed by atoms with Crippen molar-refractivity contribution < 1.29 is 9.53 Å². The summed E-state index contributed by atoms with van der Waals surface area (Å²) in [4.78, 5) is 11.6. The van der Waals surface area contributed by atoms with Crippen LogP contribution in [0.4, 0.5) is 0 Å². The highest BCUT2D eigenvalue weighted by Crippen LogP contribution is 2.19. The highest BCUT2D eigenvalue weighted by molar-refractivity contribution is 5.85. The van der Waals surface area contributed by atoms with E-state index in [1.54, 1.807) is 0 Å². The Bertz CT molecular complexity index is 244. The van der Waals surface area contributed by atoms with Gasteiger partial charge in [0.15, 0.2) is 0 Å². The van der Waals surface area contributed by atoms with E-state index in [0.717, 1.165) is 32.2 Å². The molecule has 126 valence electrons. The second-order valence-corrected chi connectivity index (χ2v) is 5.79. The second kappa shape index (κ2) is 14.6. The normalized spacial score (nSPS) is 16.0. The van der Waals surface area contributed by atoms with Crippen molar-refractivity contribution in [3.05, 3.63) is 0 Å². The third kappa shape index (κ3) is 12.0. The van der Waals surface area contributed by atoms with Crippen molar-refractivity contribution >= 4 is 18.3 Å². The summed E-state index contributed by atoms with van der Waals surface area (Å²) in [5, 5.41) is 2.94. The molecule has 1 rings (SSSR count). The lowest BCUT2D eigenvalue weighted by atomic mass is 10.1. The number of nitrogens with one attached hydrogen (secondary N) is 1. The molecule has 1 aliphatic carbocycles. The zero-order chi connectivity index (χ0) is 14.5. The van der Waals surface area contributed by atoms with Crippen molar-refractivity contribution in [3.63, 3.8) is 0 Å². The molecule has 1 saturated carbocycles. The van der Waals surface area contributed by atoms with Gasteiger partial charge in [-0.05, 0) is 32.2 Å². The minimum Gasteiger partial charge on any atom is -0.376 e. The molecule has 0 radical (unpaired) electrons. The van der Waals surface area contributed by atoms with Gasteiger partial charge in [0, 0.05) is 13.0 Å². The summed E-state index contributed by atoms with van der Waals surface area (Å²) in [7, 11) is 0. The van der Waals surface area contributed by atoms with Crippen LogP contribution in [0.15, 0.2) is 0 Å². The number of unbranched alkanes of at least 4 members (excludes halogenated alkanes) is 3. The van der Waals surface area contributed by atoms with Crippen LogP contribution in [0.5, 0.6) is 0 Å². The Morgan fingerprint density at radius 2 is 1.71 bits per heavy atom. The summed E-state index contributed by atoms with van der Waals surface area (Å²) >= 11 is 0. The fourth-order valence-electron chi connectivity index (χ4n) is 2.70. The van der Waals surface area contributed by atoms with E-state index in [0.29, 0.717) is 25.7 Å². The first-order valence-electron chi connectivity index (χ1n) is 8.41. The number of rotatable bonds is 10. The van der Waals surface area contributed by atoms with Crippen LogP contribution in [-0.2, 0) is 9.53 Å². The molecule has 0 atom stereocenters. The lowest BCUT2D eigenvalue weighted by Gasteiger charge is -2.15. The average Bonchev–Trinajstić information content (AvgIpc) is 2.72. The molecule has 0 bridgehead atoms. The molecule has 0 spiro atoms. The van der Waals surface area contributed by atoms with Crippen molar-refractivity contribution in [1.82, 2.24) is 5.32 Å². The van der Waals surface area contributed by atoms with Crippen molar-refractivity contribution in [2.75, 3.05) is 19.7 Å². The van der Waals surface area contributed by atoms with E-state index in [1.165, 1.54) is 38.5 Å². The van der Waals surface area contributed by atoms with Gasteiger partial charge in [0.2, 0.25) is 5.91 Å². The summed E-state index contributed by atoms with van der Waals surface area (Å²) < 4.78 is 5.84. The lowest BCUT2D eigenvalue weighted by Crippen LogP contribution is -2.28. The van der Waals surface area contributed by atoms with Gasteiger partial charge < -0.3 is 15.8 Å². The van der Waals surface area contributed by atoms with E-state index in [-0.39, 0.29) is 18.3 Å². The van der Waals surface area contributed by atoms with Crippen molar-refractivity contribution in [3.8, 4) is 0 Å². The Morgan fingerprint density at radius 3 is 2.38 bits per heavy atom. The van der Waals surface area contributed by atoms with Gasteiger partial charge in [0.1, 0.15) is 0 Å². The van der Waals surface area contributed by atoms with E-state index in [9.17, 15) is 4.79 Å². The Balaban J connectivity index is 0.00000400. The first-order valence-corrected chi connectivity index (χ1v) is 8.41. The largest absolute Gasteiger partial charge is 0.376 e. The van der Waals surface area contributed by atoms with Crippen molar-refractivity contribution in [1.29, 1.82) is 0 Å². The number of halogens is 1. The number of nitrogens with two attached hydrogens (primary N) is 1. The zero-order valence-electron chi connectivity index (χ0n) is 13.3. The smallest absolute Gasteiger partial charge is 0.220 e. The van der Waals surface area contributed by atoms with Crippen molar-refractivity contribution in [2.24, 2.45) is 5.73 Å². The third-order valence-electron chi connectivity index (χ3n) is 3.94. The molecule has 21 heavy (non-hydrogen) atoms. The summed E-state index contributed by atoms with van der Waals surface area (Å²) in [5.41, 5.74) is 5.43. The maximum absolute atomic E-state index is 11.6. The van der Waals surface area contributed by atoms with Crippen molar-refractivity contribution in [2.45, 2.75) is 76.7 Å². The van der Waals surface area contributed by atoms with Gasteiger partial charge in [-0.1, -0.05) is 38.5 Å². The molecule has 0 aromatic heterocycles. The van der Waals surface area contributed by atoms with E-state index < -0.39 is 0 Å². The molecule has 1 amide bonds. The van der Waals surface area contributed by atoms with Crippen LogP contribution < -0.4 is 11.1 Å². The average molecular weight is 321 g/mol. The molecule has 5 heteroatoms. The quantitative estimate of drug-likeness (QED) is 0.480. The molecule has 0 aromatic rings. The molecule has 0 heterocycles. The minimum absolute atomic E-state index is 0. The minimum atomic E-state index is 0. The van der Waals surface area contributed by atoms with E-state index in [1.807, 2.05) is 0 Å². The topological polar surface area (TPSA) is 64.4 Å². The first kappa shape index (κ1) is 20.7. The number of hydrogen-bond acceptors (Lipinski definition) is 3. The highest BCUT2D eigenvalue weighted by Gasteiger charge is 2.12. The van der Waals surface area contributed by atoms with Crippen LogP contribution in [0.25, 0.3) is 0 Å². The number of amides is 1. The summed E-state index contributed by atoms with van der Waals surface area (Å²) in [6, 6.07) is 0. The Labute approximate surface area is 136 Å². The lowest BCUT2D eigenvalue weighted by molar-refractivity contribution is -0.121. The Kier molecular flexibility index (Phi) is 14.4. The van der Waals surface area contributed by atoms with E-state index in [4.69, 9.17) is 10.5 Å². The first-order chi connectivity index (χ1) is 9.83. The van der Waals surface area contributed by atoms with Crippen LogP contribution in [0.3, 0.4) is 0 Å². The fraction of sp³-hybridized carbons (Fsp3) is 0.938. The molecule has 1 fully saturated rings. The predicted molar refractivity (Wildman–Crippen MR) is 89.8 cm³/mol. The number of hydrogen-bond donors (Lipinski definition) is 2.